The number of benzene rings is 1. The molecule has 2 saturated heterocycles. The second-order valence-corrected chi connectivity index (χ2v) is 16.8. The molecule has 6 rings (SSSR count). The molecule has 2 fully saturated rings. The van der Waals surface area contributed by atoms with E-state index < -0.39 is 6.04 Å². The first-order chi connectivity index (χ1) is 26.8. The summed E-state index contributed by atoms with van der Waals surface area (Å²) in [5.41, 5.74) is 3.91. The maximum absolute atomic E-state index is 13.1. The van der Waals surface area contributed by atoms with Gasteiger partial charge in [0.15, 0.2) is 5.82 Å². The van der Waals surface area contributed by atoms with E-state index in [0.717, 1.165) is 58.8 Å². The molecule has 5 heterocycles. The molecule has 14 nitrogen and oxygen atoms in total. The van der Waals surface area contributed by atoms with Crippen LogP contribution in [0.4, 0.5) is 4.79 Å². The van der Waals surface area contributed by atoms with Gasteiger partial charge in [0.1, 0.15) is 17.4 Å². The third-order valence-corrected chi connectivity index (χ3v) is 12.8. The molecule has 55 heavy (non-hydrogen) atoms. The summed E-state index contributed by atoms with van der Waals surface area (Å²) in [5.74, 6) is 1.54. The molecule has 0 bridgehead atoms. The van der Waals surface area contributed by atoms with Crippen LogP contribution in [0.1, 0.15) is 78.4 Å². The van der Waals surface area contributed by atoms with Crippen LogP contribution in [0.3, 0.4) is 0 Å². The first-order valence-corrected chi connectivity index (χ1v) is 21.3. The Morgan fingerprint density at radius 1 is 0.927 bits per heavy atom. The van der Waals surface area contributed by atoms with Crippen molar-refractivity contribution in [1.29, 1.82) is 0 Å². The van der Waals surface area contributed by atoms with Crippen LogP contribution in [0, 0.1) is 13.8 Å². The average molecular weight is 815 g/mol. The minimum Gasteiger partial charge on any atom is -0.379 e. The molecule has 3 aromatic rings. The molecule has 0 aliphatic carbocycles. The number of unbranched alkanes of at least 4 members (excludes halogenated alkanes) is 1. The van der Waals surface area contributed by atoms with Crippen molar-refractivity contribution in [2.24, 2.45) is 4.99 Å². The lowest BCUT2D eigenvalue weighted by molar-refractivity contribution is -0.122. The number of halogens is 1. The van der Waals surface area contributed by atoms with Crippen molar-refractivity contribution in [2.45, 2.75) is 82.2 Å². The van der Waals surface area contributed by atoms with Gasteiger partial charge in [-0.1, -0.05) is 30.2 Å². The Bertz CT molecular complexity index is 1790. The van der Waals surface area contributed by atoms with E-state index in [9.17, 15) is 14.4 Å². The van der Waals surface area contributed by atoms with Gasteiger partial charge in [-0.05, 0) is 57.2 Å². The molecule has 3 aliphatic rings. The van der Waals surface area contributed by atoms with Crippen molar-refractivity contribution >= 4 is 58.3 Å². The predicted molar refractivity (Wildman–Crippen MR) is 215 cm³/mol. The van der Waals surface area contributed by atoms with E-state index in [1.54, 1.807) is 17.7 Å². The average Bonchev–Trinajstić information content (AvgIpc) is 3.94. The van der Waals surface area contributed by atoms with Gasteiger partial charge in [0, 0.05) is 64.8 Å². The van der Waals surface area contributed by atoms with Gasteiger partial charge < -0.3 is 35.5 Å². The highest BCUT2D eigenvalue weighted by Crippen LogP contribution is 2.39. The number of aromatic nitrogens is 3. The number of urea groups is 1. The lowest BCUT2D eigenvalue weighted by atomic mass is 9.99. The fourth-order valence-corrected chi connectivity index (χ4v) is 9.69. The van der Waals surface area contributed by atoms with Gasteiger partial charge >= 0.3 is 6.03 Å². The Kier molecular flexibility index (Phi) is 15.4. The number of aryl methyl sites for hydroxylation is 1. The number of thioether (sulfide) groups is 1. The van der Waals surface area contributed by atoms with E-state index in [1.807, 2.05) is 40.6 Å². The minimum absolute atomic E-state index is 0.0608. The number of fused-ring (bicyclic) bond motifs is 4. The van der Waals surface area contributed by atoms with Crippen molar-refractivity contribution in [3.05, 3.63) is 63.0 Å². The van der Waals surface area contributed by atoms with Gasteiger partial charge in [0.2, 0.25) is 11.8 Å². The number of carbonyl (C=O) groups is 3. The summed E-state index contributed by atoms with van der Waals surface area (Å²) < 4.78 is 18.8. The van der Waals surface area contributed by atoms with Crippen LogP contribution >= 0.6 is 34.7 Å². The molecule has 2 aromatic heterocycles. The number of ether oxygens (including phenoxy) is 3. The second-order valence-electron chi connectivity index (χ2n) is 13.8. The van der Waals surface area contributed by atoms with E-state index >= 15 is 0 Å². The molecule has 3 aliphatic heterocycles. The lowest BCUT2D eigenvalue weighted by Gasteiger charge is -2.16. The Balaban J connectivity index is 0.773. The molecular formula is C38H51ClN8O6S2. The van der Waals surface area contributed by atoms with E-state index in [0.29, 0.717) is 81.7 Å². The first-order valence-electron chi connectivity index (χ1n) is 19.1. The predicted octanol–water partition coefficient (Wildman–Crippen LogP) is 4.67. The fourth-order valence-electron chi connectivity index (χ4n) is 6.88. The molecule has 0 radical (unpaired) electrons. The van der Waals surface area contributed by atoms with Crippen LogP contribution in [-0.2, 0) is 23.8 Å². The van der Waals surface area contributed by atoms with Crippen molar-refractivity contribution in [3.8, 4) is 5.00 Å². The van der Waals surface area contributed by atoms with Crippen molar-refractivity contribution in [3.63, 3.8) is 0 Å². The number of hydrogen-bond acceptors (Lipinski definition) is 11. The van der Waals surface area contributed by atoms with Crippen LogP contribution in [0.15, 0.2) is 35.6 Å². The minimum atomic E-state index is -0.510. The molecule has 4 N–H and O–H groups in total. The Hall–Kier alpha value is -3.54. The molecule has 0 saturated carbocycles. The van der Waals surface area contributed by atoms with Crippen LogP contribution in [0.25, 0.3) is 5.00 Å². The number of hydrogen-bond donors (Lipinski definition) is 4. The molecule has 4 atom stereocenters. The Morgan fingerprint density at radius 2 is 1.62 bits per heavy atom. The van der Waals surface area contributed by atoms with Gasteiger partial charge in [-0.15, -0.1) is 21.5 Å². The molecule has 0 unspecified atom stereocenters. The lowest BCUT2D eigenvalue weighted by Crippen LogP contribution is -2.36. The summed E-state index contributed by atoms with van der Waals surface area (Å²) in [7, 11) is 0. The quantitative estimate of drug-likeness (QED) is 0.0832. The molecule has 4 amide bonds. The second kappa shape index (κ2) is 20.6. The third-order valence-electron chi connectivity index (χ3n) is 9.88. The van der Waals surface area contributed by atoms with Gasteiger partial charge in [0.05, 0.1) is 50.6 Å². The van der Waals surface area contributed by atoms with Gasteiger partial charge in [-0.25, -0.2) is 4.79 Å². The summed E-state index contributed by atoms with van der Waals surface area (Å²) in [6, 6.07) is 7.51. The molecule has 0 spiro atoms. The van der Waals surface area contributed by atoms with E-state index in [1.165, 1.54) is 4.88 Å². The zero-order valence-electron chi connectivity index (χ0n) is 31.4. The van der Waals surface area contributed by atoms with E-state index in [4.69, 9.17) is 30.8 Å². The monoisotopic (exact) mass is 814 g/mol. The maximum atomic E-state index is 13.1. The van der Waals surface area contributed by atoms with Crippen LogP contribution in [0.5, 0.6) is 0 Å². The summed E-state index contributed by atoms with van der Waals surface area (Å²) in [6.45, 7) is 8.17. The highest BCUT2D eigenvalue weighted by Gasteiger charge is 2.42. The topological polar surface area (TPSA) is 170 Å². The van der Waals surface area contributed by atoms with Crippen molar-refractivity contribution in [1.82, 2.24) is 36.0 Å². The van der Waals surface area contributed by atoms with Gasteiger partial charge in [0.25, 0.3) is 0 Å². The largest absolute Gasteiger partial charge is 0.379 e. The standard InChI is InChI=1S/C38H51ClN8O6S2/c1-24-25(2)55-37-33(24)34(26-9-11-27(39)12-10-26)43-28(36-46-42-23-47(36)37)21-32(49)41-14-6-16-52-18-20-53-19-17-51-15-5-13-40-31(48)8-4-3-7-30-35-29(22-54-30)44-38(50)45-35/h9-12,23,28-30,35H,3-8,13-22H2,1-2H3,(H,40,48)(H,41,49)(H2,44,45,50)/t28-,29-,30-,35-/m1/s1. The molecular weight excluding hydrogens is 764 g/mol. The fraction of sp³-hybridized carbons (Fsp3) is 0.579. The zero-order chi connectivity index (χ0) is 38.6. The van der Waals surface area contributed by atoms with Crippen LogP contribution < -0.4 is 21.3 Å². The highest BCUT2D eigenvalue weighted by atomic mass is 35.5. The van der Waals surface area contributed by atoms with E-state index in [2.05, 4.69) is 45.3 Å². The number of nitrogens with one attached hydrogen (secondary N) is 4. The van der Waals surface area contributed by atoms with Gasteiger partial charge in [-0.3, -0.25) is 19.1 Å². The number of carbonyl (C=O) groups excluding carboxylic acids is 3. The van der Waals surface area contributed by atoms with Crippen LogP contribution in [-0.4, -0.2) is 114 Å². The summed E-state index contributed by atoms with van der Waals surface area (Å²) >= 11 is 9.76. The summed E-state index contributed by atoms with van der Waals surface area (Å²) in [6.07, 6.45) is 6.60. The third kappa shape index (κ3) is 11.3. The highest BCUT2D eigenvalue weighted by molar-refractivity contribution is 8.00. The van der Waals surface area contributed by atoms with E-state index in [-0.39, 0.29) is 36.3 Å². The molecule has 17 heteroatoms. The SMILES string of the molecule is Cc1sc2c(c1C)C(c1ccc(Cl)cc1)=N[C@H](CC(=O)NCCCOCCOCCOCCCNC(=O)CCCC[C@H]1SC[C@H]3NC(=O)N[C@H]31)c1nncn1-2. The number of nitrogens with zero attached hydrogens (tertiary/aromatic N) is 4. The Morgan fingerprint density at radius 3 is 2.35 bits per heavy atom. The number of aliphatic imine (C=N–C) groups is 1. The maximum Gasteiger partial charge on any atom is 0.315 e. The van der Waals surface area contributed by atoms with Crippen molar-refractivity contribution < 1.29 is 28.6 Å². The first kappa shape index (κ1) is 41.1. The summed E-state index contributed by atoms with van der Waals surface area (Å²) in [4.78, 5) is 43.0. The Labute approximate surface area is 335 Å². The molecule has 298 valence electrons. The molecule has 1 aromatic carbocycles. The smallest absolute Gasteiger partial charge is 0.315 e. The van der Waals surface area contributed by atoms with Gasteiger partial charge in [-0.2, -0.15) is 11.8 Å². The number of thiophene rings is 1. The number of amides is 4. The zero-order valence-corrected chi connectivity index (χ0v) is 33.8. The van der Waals surface area contributed by atoms with Crippen LogP contribution in [0.2, 0.25) is 5.02 Å². The number of rotatable bonds is 22. The van der Waals surface area contributed by atoms with Crippen molar-refractivity contribution in [2.75, 3.05) is 58.5 Å². The normalized spacial score (nSPS) is 19.8. The summed E-state index contributed by atoms with van der Waals surface area (Å²) in [5, 5.41) is 22.6.